The van der Waals surface area contributed by atoms with E-state index >= 15 is 0 Å². The summed E-state index contributed by atoms with van der Waals surface area (Å²) in [5.41, 5.74) is 2.54. The minimum Gasteiger partial charge on any atom is -0.262 e. The van der Waals surface area contributed by atoms with Gasteiger partial charge in [-0.3, -0.25) is 9.97 Å². The van der Waals surface area contributed by atoms with E-state index in [-0.39, 0.29) is 0 Å². The number of aryl methyl sites for hydroxylation is 1. The van der Waals surface area contributed by atoms with Gasteiger partial charge in [-0.15, -0.1) is 15.0 Å². The molecule has 0 aliphatic rings. The smallest absolute Gasteiger partial charge is 0.207 e. The molecule has 0 fully saturated rings. The molecule has 0 aromatic carbocycles. The fraction of sp³-hybridized carbons (Fsp3) is 0.0833. The van der Waals surface area contributed by atoms with Gasteiger partial charge in [0.05, 0.1) is 6.20 Å². The molecule has 0 saturated heterocycles. The van der Waals surface area contributed by atoms with Crippen LogP contribution in [-0.2, 0) is 0 Å². The summed E-state index contributed by atoms with van der Waals surface area (Å²) < 4.78 is 0. The number of aromatic nitrogens is 6. The highest BCUT2D eigenvalue weighted by Gasteiger charge is 2.09. The Morgan fingerprint density at radius 2 is 2.00 bits per heavy atom. The Bertz CT molecular complexity index is 661. The minimum atomic E-state index is 0.560. The Balaban J connectivity index is 2.03. The maximum absolute atomic E-state index is 4.33. The van der Waals surface area contributed by atoms with Gasteiger partial charge in [0.1, 0.15) is 5.69 Å². The second kappa shape index (κ2) is 4.33. The van der Waals surface area contributed by atoms with Crippen LogP contribution in [0.1, 0.15) is 5.69 Å². The molecule has 0 spiro atoms. The van der Waals surface area contributed by atoms with Crippen LogP contribution in [0.5, 0.6) is 0 Å². The molecule has 0 atom stereocenters. The topological polar surface area (TPSA) is 69.4 Å². The molecule has 0 saturated carbocycles. The highest BCUT2D eigenvalue weighted by atomic mass is 15.6. The zero-order valence-electron chi connectivity index (χ0n) is 9.72. The van der Waals surface area contributed by atoms with Gasteiger partial charge in [0.2, 0.25) is 5.82 Å². The maximum Gasteiger partial charge on any atom is 0.207 e. The first-order valence-electron chi connectivity index (χ1n) is 5.47. The average molecular weight is 238 g/mol. The van der Waals surface area contributed by atoms with Crippen molar-refractivity contribution in [1.82, 2.24) is 30.2 Å². The van der Waals surface area contributed by atoms with Crippen molar-refractivity contribution >= 4 is 0 Å². The SMILES string of the molecule is Cc1ncccc1-c1nnn(-c2cccnc2)n1. The van der Waals surface area contributed by atoms with Gasteiger partial charge in [0.15, 0.2) is 0 Å². The van der Waals surface area contributed by atoms with Crippen molar-refractivity contribution in [2.24, 2.45) is 0 Å². The van der Waals surface area contributed by atoms with Gasteiger partial charge in [-0.2, -0.15) is 0 Å². The van der Waals surface area contributed by atoms with E-state index < -0.39 is 0 Å². The summed E-state index contributed by atoms with van der Waals surface area (Å²) in [4.78, 5) is 9.68. The Morgan fingerprint density at radius 3 is 2.78 bits per heavy atom. The number of hydrogen-bond acceptors (Lipinski definition) is 5. The summed E-state index contributed by atoms with van der Waals surface area (Å²) in [7, 11) is 0. The largest absolute Gasteiger partial charge is 0.262 e. The zero-order chi connectivity index (χ0) is 12.4. The first-order valence-corrected chi connectivity index (χ1v) is 5.47. The Labute approximate surface area is 103 Å². The molecule has 3 aromatic heterocycles. The van der Waals surface area contributed by atoms with Crippen LogP contribution in [0.25, 0.3) is 17.1 Å². The fourth-order valence-electron chi connectivity index (χ4n) is 1.62. The van der Waals surface area contributed by atoms with Crippen molar-refractivity contribution in [2.75, 3.05) is 0 Å². The van der Waals surface area contributed by atoms with Crippen molar-refractivity contribution in [2.45, 2.75) is 6.92 Å². The molecule has 0 amide bonds. The molecule has 3 rings (SSSR count). The predicted molar refractivity (Wildman–Crippen MR) is 64.9 cm³/mol. The van der Waals surface area contributed by atoms with Crippen LogP contribution in [-0.4, -0.2) is 30.2 Å². The molecule has 3 aromatic rings. The van der Waals surface area contributed by atoms with E-state index in [0.29, 0.717) is 5.82 Å². The van der Waals surface area contributed by atoms with E-state index in [0.717, 1.165) is 16.9 Å². The molecule has 18 heavy (non-hydrogen) atoms. The molecule has 0 radical (unpaired) electrons. The maximum atomic E-state index is 4.33. The molecule has 0 unspecified atom stereocenters. The first-order chi connectivity index (χ1) is 8.84. The lowest BCUT2D eigenvalue weighted by Gasteiger charge is -1.98. The molecule has 6 nitrogen and oxygen atoms in total. The Kier molecular flexibility index (Phi) is 2.53. The Hall–Kier alpha value is -2.63. The van der Waals surface area contributed by atoms with E-state index in [4.69, 9.17) is 0 Å². The summed E-state index contributed by atoms with van der Waals surface area (Å²) in [5, 5.41) is 12.4. The highest BCUT2D eigenvalue weighted by molar-refractivity contribution is 5.56. The predicted octanol–water partition coefficient (Wildman–Crippen LogP) is 1.43. The monoisotopic (exact) mass is 238 g/mol. The van der Waals surface area contributed by atoms with Crippen LogP contribution in [0.3, 0.4) is 0 Å². The summed E-state index contributed by atoms with van der Waals surface area (Å²) in [6.07, 6.45) is 5.12. The fourth-order valence-corrected chi connectivity index (χ4v) is 1.62. The average Bonchev–Trinajstić information content (AvgIpc) is 2.90. The molecule has 0 N–H and O–H groups in total. The van der Waals surface area contributed by atoms with Gasteiger partial charge in [-0.05, 0) is 36.4 Å². The number of tetrazole rings is 1. The van der Waals surface area contributed by atoms with E-state index in [1.165, 1.54) is 4.80 Å². The van der Waals surface area contributed by atoms with Crippen molar-refractivity contribution < 1.29 is 0 Å². The standard InChI is InChI=1S/C12H10N6/c1-9-11(5-3-7-14-9)12-15-17-18(16-12)10-4-2-6-13-8-10/h2-8H,1H3. The molecule has 0 bridgehead atoms. The molecule has 0 aliphatic carbocycles. The van der Waals surface area contributed by atoms with Gasteiger partial charge in [0.25, 0.3) is 0 Å². The summed E-state index contributed by atoms with van der Waals surface area (Å²) >= 11 is 0. The van der Waals surface area contributed by atoms with Crippen molar-refractivity contribution in [3.63, 3.8) is 0 Å². The molecular formula is C12H10N6. The Morgan fingerprint density at radius 1 is 1.11 bits per heavy atom. The molecule has 0 aliphatic heterocycles. The van der Waals surface area contributed by atoms with Crippen molar-refractivity contribution in [3.05, 3.63) is 48.5 Å². The summed E-state index contributed by atoms with van der Waals surface area (Å²) in [6, 6.07) is 7.47. The quantitative estimate of drug-likeness (QED) is 0.675. The molecule has 6 heteroatoms. The third-order valence-corrected chi connectivity index (χ3v) is 2.54. The van der Waals surface area contributed by atoms with E-state index in [1.807, 2.05) is 31.2 Å². The third kappa shape index (κ3) is 1.84. The van der Waals surface area contributed by atoms with Gasteiger partial charge in [-0.1, -0.05) is 0 Å². The van der Waals surface area contributed by atoms with Crippen molar-refractivity contribution in [1.29, 1.82) is 0 Å². The van der Waals surface area contributed by atoms with Crippen LogP contribution in [0.4, 0.5) is 0 Å². The molecule has 88 valence electrons. The minimum absolute atomic E-state index is 0.560. The van der Waals surface area contributed by atoms with Crippen LogP contribution >= 0.6 is 0 Å². The number of hydrogen-bond donors (Lipinski definition) is 0. The number of nitrogens with zero attached hydrogens (tertiary/aromatic N) is 6. The van der Waals surface area contributed by atoms with Gasteiger partial charge in [-0.25, -0.2) is 0 Å². The van der Waals surface area contributed by atoms with E-state index in [2.05, 4.69) is 25.4 Å². The normalized spacial score (nSPS) is 10.5. The highest BCUT2D eigenvalue weighted by Crippen LogP contribution is 2.16. The van der Waals surface area contributed by atoms with Gasteiger partial charge < -0.3 is 0 Å². The third-order valence-electron chi connectivity index (χ3n) is 2.54. The number of rotatable bonds is 2. The van der Waals surface area contributed by atoms with Crippen LogP contribution in [0.15, 0.2) is 42.9 Å². The lowest BCUT2D eigenvalue weighted by Crippen LogP contribution is -1.99. The first kappa shape index (κ1) is 10.5. The van der Waals surface area contributed by atoms with E-state index in [1.54, 1.807) is 18.6 Å². The zero-order valence-corrected chi connectivity index (χ0v) is 9.72. The lowest BCUT2D eigenvalue weighted by molar-refractivity contribution is 0.717. The van der Waals surface area contributed by atoms with Crippen LogP contribution in [0.2, 0.25) is 0 Å². The van der Waals surface area contributed by atoms with Gasteiger partial charge in [0, 0.05) is 23.7 Å². The second-order valence-corrected chi connectivity index (χ2v) is 3.75. The van der Waals surface area contributed by atoms with Crippen LogP contribution < -0.4 is 0 Å². The van der Waals surface area contributed by atoms with E-state index in [9.17, 15) is 0 Å². The lowest BCUT2D eigenvalue weighted by atomic mass is 10.2. The van der Waals surface area contributed by atoms with Crippen LogP contribution in [0, 0.1) is 6.92 Å². The molecular weight excluding hydrogens is 228 g/mol. The second-order valence-electron chi connectivity index (χ2n) is 3.75. The summed E-state index contributed by atoms with van der Waals surface area (Å²) in [5.74, 6) is 0.560. The summed E-state index contributed by atoms with van der Waals surface area (Å²) in [6.45, 7) is 1.92. The van der Waals surface area contributed by atoms with Crippen molar-refractivity contribution in [3.8, 4) is 17.1 Å². The number of pyridine rings is 2. The van der Waals surface area contributed by atoms with Gasteiger partial charge >= 0.3 is 0 Å². The molecule has 3 heterocycles.